The van der Waals surface area contributed by atoms with Gasteiger partial charge in [-0.15, -0.1) is 0 Å². The Hall–Kier alpha value is -2.76. The number of hydrogen-bond donors (Lipinski definition) is 0. The Morgan fingerprint density at radius 3 is 2.38 bits per heavy atom. The Kier molecular flexibility index (Phi) is 5.60. The van der Waals surface area contributed by atoms with E-state index in [1.165, 1.54) is 17.0 Å². The van der Waals surface area contributed by atoms with E-state index in [2.05, 4.69) is 0 Å². The van der Waals surface area contributed by atoms with Gasteiger partial charge in [-0.1, -0.05) is 0 Å². The van der Waals surface area contributed by atoms with Crippen LogP contribution in [0.4, 0.5) is 18.9 Å². The molecule has 1 aromatic carbocycles. The number of halogens is 3. The summed E-state index contributed by atoms with van der Waals surface area (Å²) < 4.78 is 40.6. The molecule has 2 amide bonds. The molecular weight excluding hydrogens is 421 g/mol. The molecule has 4 rings (SSSR count). The van der Waals surface area contributed by atoms with Crippen molar-refractivity contribution in [2.24, 2.45) is 11.3 Å². The number of anilines is 1. The fourth-order valence-electron chi connectivity index (χ4n) is 5.04. The van der Waals surface area contributed by atoms with Crippen molar-refractivity contribution in [3.63, 3.8) is 0 Å². The van der Waals surface area contributed by atoms with Gasteiger partial charge in [0.05, 0.1) is 17.2 Å². The smallest absolute Gasteiger partial charge is 0.359 e. The number of likely N-dealkylation sites (N-methyl/N-ethyl adjacent to an activating group) is 1. The first-order valence-electron chi connectivity index (χ1n) is 10.9. The number of amides is 2. The number of piperidine rings is 1. The van der Waals surface area contributed by atoms with Crippen molar-refractivity contribution < 1.29 is 22.8 Å². The summed E-state index contributed by atoms with van der Waals surface area (Å²) in [6, 6.07) is 4.69. The van der Waals surface area contributed by atoms with Crippen LogP contribution in [0.25, 0.3) is 0 Å². The van der Waals surface area contributed by atoms with Crippen LogP contribution in [0, 0.1) is 22.7 Å². The van der Waals surface area contributed by atoms with E-state index < -0.39 is 23.3 Å². The number of carbonyl (C=O) groups excluding carboxylic acids is 2. The van der Waals surface area contributed by atoms with Crippen LogP contribution in [0.2, 0.25) is 0 Å². The lowest BCUT2D eigenvalue weighted by atomic mass is 9.76. The Morgan fingerprint density at radius 1 is 1.19 bits per heavy atom. The summed E-state index contributed by atoms with van der Waals surface area (Å²) in [7, 11) is 3.28. The van der Waals surface area contributed by atoms with Crippen molar-refractivity contribution in [2.75, 3.05) is 38.6 Å². The van der Waals surface area contributed by atoms with E-state index in [1.54, 1.807) is 25.1 Å². The number of likely N-dealkylation sites (tertiary alicyclic amines) is 1. The molecule has 1 unspecified atom stereocenters. The van der Waals surface area contributed by atoms with Crippen molar-refractivity contribution in [2.45, 2.75) is 44.3 Å². The average Bonchev–Trinajstić information content (AvgIpc) is 3.54. The molecule has 1 aromatic rings. The van der Waals surface area contributed by atoms with Crippen LogP contribution >= 0.6 is 0 Å². The summed E-state index contributed by atoms with van der Waals surface area (Å²) in [4.78, 5) is 30.5. The molecule has 1 saturated carbocycles. The first-order chi connectivity index (χ1) is 15.0. The van der Waals surface area contributed by atoms with Crippen LogP contribution < -0.4 is 4.90 Å². The van der Waals surface area contributed by atoms with Crippen LogP contribution in [0.3, 0.4) is 0 Å². The number of benzene rings is 1. The third kappa shape index (κ3) is 4.15. The maximum Gasteiger partial charge on any atom is 0.417 e. The third-order valence-corrected chi connectivity index (χ3v) is 7.06. The molecule has 6 nitrogen and oxygen atoms in total. The van der Waals surface area contributed by atoms with Gasteiger partial charge in [-0.3, -0.25) is 9.59 Å². The van der Waals surface area contributed by atoms with Crippen molar-refractivity contribution in [3.8, 4) is 6.07 Å². The monoisotopic (exact) mass is 448 g/mol. The number of alkyl halides is 3. The molecule has 3 aliphatic rings. The predicted octanol–water partition coefficient (Wildman–Crippen LogP) is 3.26. The molecule has 0 aromatic heterocycles. The minimum atomic E-state index is -4.66. The molecule has 2 saturated heterocycles. The van der Waals surface area contributed by atoms with Crippen LogP contribution in [-0.2, 0) is 15.8 Å². The first-order valence-corrected chi connectivity index (χ1v) is 10.9. The number of nitriles is 1. The normalized spacial score (nSPS) is 22.7. The van der Waals surface area contributed by atoms with E-state index in [0.29, 0.717) is 31.7 Å². The maximum atomic E-state index is 13.5. The average molecular weight is 448 g/mol. The lowest BCUT2D eigenvalue weighted by molar-refractivity contribution is -0.137. The minimum absolute atomic E-state index is 0.156. The van der Waals surface area contributed by atoms with Crippen molar-refractivity contribution >= 4 is 17.5 Å². The van der Waals surface area contributed by atoms with E-state index in [1.807, 2.05) is 4.90 Å². The molecule has 172 valence electrons. The van der Waals surface area contributed by atoms with Gasteiger partial charge < -0.3 is 14.7 Å². The summed E-state index contributed by atoms with van der Waals surface area (Å²) in [5, 5.41) is 9.11. The zero-order chi connectivity index (χ0) is 23.3. The number of nitrogens with zero attached hydrogens (tertiary/aromatic N) is 4. The van der Waals surface area contributed by atoms with Gasteiger partial charge in [0.2, 0.25) is 11.8 Å². The van der Waals surface area contributed by atoms with Crippen LogP contribution in [0.5, 0.6) is 0 Å². The highest BCUT2D eigenvalue weighted by molar-refractivity contribution is 5.86. The highest BCUT2D eigenvalue weighted by Gasteiger charge is 2.50. The summed E-state index contributed by atoms with van der Waals surface area (Å²) in [5.41, 5.74) is -1.36. The predicted molar refractivity (Wildman–Crippen MR) is 112 cm³/mol. The van der Waals surface area contributed by atoms with E-state index in [-0.39, 0.29) is 23.1 Å². The number of hydrogen-bond acceptors (Lipinski definition) is 4. The number of rotatable bonds is 3. The van der Waals surface area contributed by atoms with Gasteiger partial charge in [0, 0.05) is 45.3 Å². The standard InChI is InChI=1S/C23H27F3N4O2/c1-28(2)21(32)19-12-22(7-9-29(10-8-22)20(31)15-3-4-15)14-30(19)17-6-5-16(13-27)18(11-17)23(24,25)26/h5-6,11,15,19H,3-4,7-10,12,14H2,1-2H3. The Bertz CT molecular complexity index is 957. The fourth-order valence-corrected chi connectivity index (χ4v) is 5.04. The molecule has 3 fully saturated rings. The molecule has 1 aliphatic carbocycles. The lowest BCUT2D eigenvalue weighted by Gasteiger charge is -2.39. The van der Waals surface area contributed by atoms with Crippen molar-refractivity contribution in [1.82, 2.24) is 9.80 Å². The Labute approximate surface area is 185 Å². The molecule has 32 heavy (non-hydrogen) atoms. The second kappa shape index (κ2) is 7.98. The zero-order valence-electron chi connectivity index (χ0n) is 18.3. The van der Waals surface area contributed by atoms with Gasteiger partial charge >= 0.3 is 6.18 Å². The van der Waals surface area contributed by atoms with Gasteiger partial charge in [0.15, 0.2) is 0 Å². The Morgan fingerprint density at radius 2 is 1.84 bits per heavy atom. The molecule has 9 heteroatoms. The zero-order valence-corrected chi connectivity index (χ0v) is 18.3. The number of carbonyl (C=O) groups is 2. The molecule has 2 heterocycles. The lowest BCUT2D eigenvalue weighted by Crippen LogP contribution is -2.44. The van der Waals surface area contributed by atoms with Gasteiger partial charge in [0.25, 0.3) is 0 Å². The van der Waals surface area contributed by atoms with Crippen LogP contribution in [0.1, 0.15) is 43.2 Å². The molecule has 2 aliphatic heterocycles. The van der Waals surface area contributed by atoms with E-state index >= 15 is 0 Å². The third-order valence-electron chi connectivity index (χ3n) is 7.06. The van der Waals surface area contributed by atoms with Crippen molar-refractivity contribution in [1.29, 1.82) is 5.26 Å². The molecule has 1 atom stereocenters. The highest BCUT2D eigenvalue weighted by atomic mass is 19.4. The molecule has 0 radical (unpaired) electrons. The second-order valence-corrected chi connectivity index (χ2v) is 9.52. The molecule has 1 spiro atoms. The molecular formula is C23H27F3N4O2. The molecule has 0 bridgehead atoms. The first kappa shape index (κ1) is 22.4. The van der Waals surface area contributed by atoms with Crippen LogP contribution in [0.15, 0.2) is 18.2 Å². The topological polar surface area (TPSA) is 67.7 Å². The highest BCUT2D eigenvalue weighted by Crippen LogP contribution is 2.47. The van der Waals surface area contributed by atoms with E-state index in [0.717, 1.165) is 31.7 Å². The summed E-state index contributed by atoms with van der Waals surface area (Å²) in [6.07, 6.45) is -0.768. The largest absolute Gasteiger partial charge is 0.417 e. The van der Waals surface area contributed by atoms with Gasteiger partial charge in [-0.05, 0) is 55.7 Å². The Balaban J connectivity index is 1.61. The maximum absolute atomic E-state index is 13.5. The SMILES string of the molecule is CN(C)C(=O)C1CC2(CCN(C(=O)C3CC3)CC2)CN1c1ccc(C#N)c(C(F)(F)F)c1. The summed E-state index contributed by atoms with van der Waals surface area (Å²) in [5.74, 6) is 0.209. The quantitative estimate of drug-likeness (QED) is 0.712. The van der Waals surface area contributed by atoms with Gasteiger partial charge in [-0.2, -0.15) is 18.4 Å². The van der Waals surface area contributed by atoms with E-state index in [4.69, 9.17) is 5.26 Å². The van der Waals surface area contributed by atoms with Crippen molar-refractivity contribution in [3.05, 3.63) is 29.3 Å². The van der Waals surface area contributed by atoms with Gasteiger partial charge in [0.1, 0.15) is 6.04 Å². The minimum Gasteiger partial charge on any atom is -0.359 e. The molecule has 0 N–H and O–H groups in total. The van der Waals surface area contributed by atoms with Gasteiger partial charge in [-0.25, -0.2) is 0 Å². The second-order valence-electron chi connectivity index (χ2n) is 9.52. The summed E-state index contributed by atoms with van der Waals surface area (Å²) >= 11 is 0. The fraction of sp³-hybridized carbons (Fsp3) is 0.609. The summed E-state index contributed by atoms with van der Waals surface area (Å²) in [6.45, 7) is 1.69. The van der Waals surface area contributed by atoms with Crippen LogP contribution in [-0.4, -0.2) is 61.4 Å². The van der Waals surface area contributed by atoms with E-state index in [9.17, 15) is 22.8 Å².